The summed E-state index contributed by atoms with van der Waals surface area (Å²) in [4.78, 5) is 25.4. The average molecular weight is 359 g/mol. The first-order valence-corrected chi connectivity index (χ1v) is 7.28. The molecule has 1 fully saturated rings. The molecule has 1 heterocycles. The highest BCUT2D eigenvalue weighted by atomic mass is 79.9. The van der Waals surface area contributed by atoms with E-state index in [4.69, 9.17) is 4.74 Å². The van der Waals surface area contributed by atoms with Crippen molar-refractivity contribution in [2.24, 2.45) is 0 Å². The van der Waals surface area contributed by atoms with Crippen molar-refractivity contribution in [1.29, 1.82) is 0 Å². The van der Waals surface area contributed by atoms with E-state index in [1.165, 1.54) is 17.0 Å². The third-order valence-electron chi connectivity index (χ3n) is 3.40. The second kappa shape index (κ2) is 6.01. The van der Waals surface area contributed by atoms with Gasteiger partial charge in [0.2, 0.25) is 5.91 Å². The zero-order chi connectivity index (χ0) is 15.6. The van der Waals surface area contributed by atoms with Crippen molar-refractivity contribution in [2.75, 3.05) is 19.7 Å². The number of carbonyl (C=O) groups excluding carboxylic acids is 2. The monoisotopic (exact) mass is 358 g/mol. The predicted molar refractivity (Wildman–Crippen MR) is 78.4 cm³/mol. The van der Waals surface area contributed by atoms with Crippen molar-refractivity contribution in [1.82, 2.24) is 10.2 Å². The Morgan fingerprint density at radius 2 is 2.24 bits per heavy atom. The van der Waals surface area contributed by atoms with Crippen LogP contribution in [0.1, 0.15) is 13.8 Å². The quantitative estimate of drug-likeness (QED) is 0.894. The van der Waals surface area contributed by atoms with Gasteiger partial charge in [0.05, 0.1) is 0 Å². The first-order valence-electron chi connectivity index (χ1n) is 6.49. The van der Waals surface area contributed by atoms with Crippen LogP contribution in [-0.2, 0) is 9.59 Å². The topological polar surface area (TPSA) is 58.6 Å². The number of benzene rings is 1. The zero-order valence-electron chi connectivity index (χ0n) is 11.8. The standard InChI is InChI=1S/C14H16BrFN2O3/c1-14(2)13(20)17-5-6-18(14)12(19)8-21-11-4-3-9(15)7-10(11)16/h3-4,7H,5-6,8H2,1-2H3,(H,17,20). The van der Waals surface area contributed by atoms with Crippen LogP contribution < -0.4 is 10.1 Å². The molecule has 0 aliphatic carbocycles. The number of amides is 2. The lowest BCUT2D eigenvalue weighted by molar-refractivity contribution is -0.150. The van der Waals surface area contributed by atoms with Crippen LogP contribution in [0.3, 0.4) is 0 Å². The molecule has 0 spiro atoms. The molecule has 0 bridgehead atoms. The number of hydrogen-bond donors (Lipinski definition) is 1. The second-order valence-corrected chi connectivity index (χ2v) is 6.14. The van der Waals surface area contributed by atoms with Crippen LogP contribution in [0.4, 0.5) is 4.39 Å². The van der Waals surface area contributed by atoms with Gasteiger partial charge in [-0.1, -0.05) is 15.9 Å². The number of nitrogens with one attached hydrogen (secondary N) is 1. The minimum absolute atomic E-state index is 0.00539. The third kappa shape index (κ3) is 3.34. The van der Waals surface area contributed by atoms with Gasteiger partial charge in [-0.2, -0.15) is 0 Å². The molecule has 21 heavy (non-hydrogen) atoms. The van der Waals surface area contributed by atoms with E-state index >= 15 is 0 Å². The number of ether oxygens (including phenoxy) is 1. The van der Waals surface area contributed by atoms with Gasteiger partial charge in [0.15, 0.2) is 18.2 Å². The Morgan fingerprint density at radius 1 is 1.52 bits per heavy atom. The number of rotatable bonds is 3. The smallest absolute Gasteiger partial charge is 0.261 e. The van der Waals surface area contributed by atoms with Crippen LogP contribution in [0.15, 0.2) is 22.7 Å². The Balaban J connectivity index is 2.03. The highest BCUT2D eigenvalue weighted by Gasteiger charge is 2.40. The van der Waals surface area contributed by atoms with E-state index in [-0.39, 0.29) is 24.2 Å². The summed E-state index contributed by atoms with van der Waals surface area (Å²) in [5, 5.41) is 2.71. The summed E-state index contributed by atoms with van der Waals surface area (Å²) in [5.74, 6) is -1.10. The van der Waals surface area contributed by atoms with Crippen molar-refractivity contribution in [3.05, 3.63) is 28.5 Å². The van der Waals surface area contributed by atoms with Crippen molar-refractivity contribution in [3.63, 3.8) is 0 Å². The highest BCUT2D eigenvalue weighted by Crippen LogP contribution is 2.22. The van der Waals surface area contributed by atoms with E-state index in [1.807, 2.05) is 0 Å². The molecule has 0 unspecified atom stereocenters. The molecule has 0 atom stereocenters. The van der Waals surface area contributed by atoms with Gasteiger partial charge >= 0.3 is 0 Å². The molecule has 114 valence electrons. The van der Waals surface area contributed by atoms with Crippen LogP contribution in [0, 0.1) is 5.82 Å². The van der Waals surface area contributed by atoms with Gasteiger partial charge in [-0.3, -0.25) is 9.59 Å². The maximum absolute atomic E-state index is 13.6. The molecule has 7 heteroatoms. The van der Waals surface area contributed by atoms with Crippen LogP contribution in [-0.4, -0.2) is 41.9 Å². The molecule has 1 aliphatic heterocycles. The van der Waals surface area contributed by atoms with Gasteiger partial charge in [-0.15, -0.1) is 0 Å². The Kier molecular flexibility index (Phi) is 4.51. The van der Waals surface area contributed by atoms with Crippen molar-refractivity contribution >= 4 is 27.7 Å². The SMILES string of the molecule is CC1(C)C(=O)NCCN1C(=O)COc1ccc(Br)cc1F. The van der Waals surface area contributed by atoms with Crippen molar-refractivity contribution in [3.8, 4) is 5.75 Å². The van der Waals surface area contributed by atoms with Crippen LogP contribution in [0.2, 0.25) is 0 Å². The predicted octanol–water partition coefficient (Wildman–Crippen LogP) is 1.70. The molecule has 1 aromatic carbocycles. The summed E-state index contributed by atoms with van der Waals surface area (Å²) in [6.07, 6.45) is 0. The first-order chi connectivity index (χ1) is 9.82. The van der Waals surface area contributed by atoms with Crippen molar-refractivity contribution in [2.45, 2.75) is 19.4 Å². The second-order valence-electron chi connectivity index (χ2n) is 5.22. The fourth-order valence-electron chi connectivity index (χ4n) is 2.15. The Hall–Kier alpha value is -1.63. The average Bonchev–Trinajstić information content (AvgIpc) is 2.40. The Bertz CT molecular complexity index is 577. The number of nitrogens with zero attached hydrogens (tertiary/aromatic N) is 1. The molecule has 1 aromatic rings. The molecule has 0 aromatic heterocycles. The summed E-state index contributed by atoms with van der Waals surface area (Å²) in [6, 6.07) is 4.33. The molecular formula is C14H16BrFN2O3. The lowest BCUT2D eigenvalue weighted by Crippen LogP contribution is -2.64. The van der Waals surface area contributed by atoms with E-state index < -0.39 is 11.4 Å². The van der Waals surface area contributed by atoms with Gasteiger partial charge in [0.25, 0.3) is 5.91 Å². The van der Waals surface area contributed by atoms with Gasteiger partial charge in [-0.05, 0) is 32.0 Å². The Morgan fingerprint density at radius 3 is 2.90 bits per heavy atom. The third-order valence-corrected chi connectivity index (χ3v) is 3.89. The summed E-state index contributed by atoms with van der Waals surface area (Å²) in [5.41, 5.74) is -0.934. The molecule has 2 rings (SSSR count). The molecule has 1 N–H and O–H groups in total. The van der Waals surface area contributed by atoms with E-state index in [1.54, 1.807) is 19.9 Å². The van der Waals surface area contributed by atoms with Gasteiger partial charge in [0, 0.05) is 17.6 Å². The lowest BCUT2D eigenvalue weighted by atomic mass is 9.99. The van der Waals surface area contributed by atoms with Crippen LogP contribution >= 0.6 is 15.9 Å². The Labute approximate surface area is 130 Å². The normalized spacial score (nSPS) is 17.3. The van der Waals surface area contributed by atoms with E-state index in [0.717, 1.165) is 0 Å². The maximum atomic E-state index is 13.6. The summed E-state index contributed by atoms with van der Waals surface area (Å²) in [7, 11) is 0. The first kappa shape index (κ1) is 15.8. The largest absolute Gasteiger partial charge is 0.481 e. The van der Waals surface area contributed by atoms with E-state index in [0.29, 0.717) is 17.6 Å². The van der Waals surface area contributed by atoms with Gasteiger partial charge < -0.3 is 15.0 Å². The molecule has 2 amide bonds. The fourth-order valence-corrected chi connectivity index (χ4v) is 2.48. The molecule has 1 aliphatic rings. The molecule has 0 saturated carbocycles. The van der Waals surface area contributed by atoms with Crippen molar-refractivity contribution < 1.29 is 18.7 Å². The minimum atomic E-state index is -0.934. The number of carbonyl (C=O) groups is 2. The van der Waals surface area contributed by atoms with E-state index in [9.17, 15) is 14.0 Å². The van der Waals surface area contributed by atoms with Gasteiger partial charge in [-0.25, -0.2) is 4.39 Å². The van der Waals surface area contributed by atoms with Gasteiger partial charge in [0.1, 0.15) is 5.54 Å². The summed E-state index contributed by atoms with van der Waals surface area (Å²) < 4.78 is 19.4. The maximum Gasteiger partial charge on any atom is 0.261 e. The number of halogens is 2. The zero-order valence-corrected chi connectivity index (χ0v) is 13.4. The fraction of sp³-hybridized carbons (Fsp3) is 0.429. The van der Waals surface area contributed by atoms with Crippen LogP contribution in [0.5, 0.6) is 5.75 Å². The van der Waals surface area contributed by atoms with Crippen LogP contribution in [0.25, 0.3) is 0 Å². The molecule has 0 radical (unpaired) electrons. The highest BCUT2D eigenvalue weighted by molar-refractivity contribution is 9.10. The lowest BCUT2D eigenvalue weighted by Gasteiger charge is -2.41. The molecular weight excluding hydrogens is 343 g/mol. The summed E-state index contributed by atoms with van der Waals surface area (Å²) in [6.45, 7) is 3.83. The minimum Gasteiger partial charge on any atom is -0.481 e. The number of hydrogen-bond acceptors (Lipinski definition) is 3. The number of piperazine rings is 1. The molecule has 5 nitrogen and oxygen atoms in total. The molecule has 1 saturated heterocycles. The summed E-state index contributed by atoms with van der Waals surface area (Å²) >= 11 is 3.15. The van der Waals surface area contributed by atoms with E-state index in [2.05, 4.69) is 21.2 Å².